The van der Waals surface area contributed by atoms with Gasteiger partial charge < -0.3 is 4.90 Å². The summed E-state index contributed by atoms with van der Waals surface area (Å²) in [7, 11) is 1.76. The first-order valence-corrected chi connectivity index (χ1v) is 9.16. The molecular formula is C20H19BrN2O3. The summed E-state index contributed by atoms with van der Waals surface area (Å²) in [6.07, 6.45) is 0.574. The van der Waals surface area contributed by atoms with Crippen LogP contribution in [-0.4, -0.2) is 34.6 Å². The van der Waals surface area contributed by atoms with Crippen LogP contribution < -0.4 is 0 Å². The number of amides is 3. The van der Waals surface area contributed by atoms with Crippen molar-refractivity contribution in [2.24, 2.45) is 0 Å². The number of rotatable bonds is 5. The minimum Gasteiger partial charge on any atom is -0.337 e. The molecule has 1 aliphatic rings. The van der Waals surface area contributed by atoms with Crippen molar-refractivity contribution in [1.29, 1.82) is 0 Å². The van der Waals surface area contributed by atoms with E-state index in [0.717, 1.165) is 15.6 Å². The van der Waals surface area contributed by atoms with Crippen LogP contribution in [0.3, 0.4) is 0 Å². The lowest BCUT2D eigenvalue weighted by molar-refractivity contribution is -0.139. The predicted octanol–water partition coefficient (Wildman–Crippen LogP) is 3.37. The lowest BCUT2D eigenvalue weighted by Crippen LogP contribution is -2.28. The zero-order valence-corrected chi connectivity index (χ0v) is 16.0. The van der Waals surface area contributed by atoms with Gasteiger partial charge in [0.05, 0.1) is 6.54 Å². The van der Waals surface area contributed by atoms with E-state index in [1.165, 1.54) is 4.90 Å². The van der Waals surface area contributed by atoms with Gasteiger partial charge in [0.2, 0.25) is 11.8 Å². The van der Waals surface area contributed by atoms with Gasteiger partial charge in [0, 0.05) is 36.5 Å². The average Bonchev–Trinajstić information content (AvgIpc) is 2.95. The van der Waals surface area contributed by atoms with Crippen LogP contribution in [0.15, 0.2) is 53.0 Å². The molecule has 2 aromatic carbocycles. The topological polar surface area (TPSA) is 57.7 Å². The Morgan fingerprint density at radius 2 is 1.65 bits per heavy atom. The van der Waals surface area contributed by atoms with Crippen molar-refractivity contribution in [1.82, 2.24) is 9.80 Å². The fourth-order valence-electron chi connectivity index (χ4n) is 2.91. The molecule has 3 rings (SSSR count). The van der Waals surface area contributed by atoms with Crippen molar-refractivity contribution >= 4 is 33.7 Å². The Balaban J connectivity index is 1.66. The quantitative estimate of drug-likeness (QED) is 0.704. The number of imide groups is 1. The molecule has 0 N–H and O–H groups in total. The molecule has 0 spiro atoms. The second kappa shape index (κ2) is 7.83. The molecule has 0 bridgehead atoms. The molecule has 0 aromatic heterocycles. The number of halogens is 1. The minimum absolute atomic E-state index is 0.0828. The molecule has 2 aromatic rings. The third-order valence-electron chi connectivity index (χ3n) is 4.41. The summed E-state index contributed by atoms with van der Waals surface area (Å²) in [6.45, 7) is 0.762. The first-order chi connectivity index (χ1) is 12.5. The molecule has 6 heteroatoms. The van der Waals surface area contributed by atoms with Gasteiger partial charge >= 0.3 is 0 Å². The van der Waals surface area contributed by atoms with Gasteiger partial charge in [-0.1, -0.05) is 46.3 Å². The van der Waals surface area contributed by atoms with Crippen LogP contribution in [0.25, 0.3) is 0 Å². The van der Waals surface area contributed by atoms with Crippen molar-refractivity contribution < 1.29 is 14.4 Å². The Labute approximate surface area is 160 Å². The molecule has 5 nitrogen and oxygen atoms in total. The van der Waals surface area contributed by atoms with Gasteiger partial charge in [0.1, 0.15) is 0 Å². The summed E-state index contributed by atoms with van der Waals surface area (Å²) in [4.78, 5) is 38.9. The SMILES string of the molecule is CN(Cc1ccccc1Br)C(=O)c1ccc(CN2C(=O)CCC2=O)cc1. The van der Waals surface area contributed by atoms with Gasteiger partial charge in [-0.25, -0.2) is 0 Å². The predicted molar refractivity (Wildman–Crippen MR) is 101 cm³/mol. The normalized spacial score (nSPS) is 14.0. The molecule has 0 unspecified atom stereocenters. The molecule has 3 amide bonds. The third kappa shape index (κ3) is 4.02. The molecular weight excluding hydrogens is 396 g/mol. The first-order valence-electron chi connectivity index (χ1n) is 8.36. The highest BCUT2D eigenvalue weighted by atomic mass is 79.9. The van der Waals surface area contributed by atoms with E-state index in [0.29, 0.717) is 12.1 Å². The maximum absolute atomic E-state index is 12.6. The van der Waals surface area contributed by atoms with Crippen LogP contribution in [0.5, 0.6) is 0 Å². The fourth-order valence-corrected chi connectivity index (χ4v) is 3.32. The highest BCUT2D eigenvalue weighted by Gasteiger charge is 2.28. The fraction of sp³-hybridized carbons (Fsp3) is 0.250. The van der Waals surface area contributed by atoms with Crippen molar-refractivity contribution in [3.8, 4) is 0 Å². The summed E-state index contributed by atoms with van der Waals surface area (Å²) < 4.78 is 0.968. The second-order valence-electron chi connectivity index (χ2n) is 6.32. The van der Waals surface area contributed by atoms with Gasteiger partial charge in [-0.05, 0) is 29.3 Å². The highest BCUT2D eigenvalue weighted by molar-refractivity contribution is 9.10. The maximum Gasteiger partial charge on any atom is 0.253 e. The molecule has 134 valence electrons. The van der Waals surface area contributed by atoms with Crippen LogP contribution in [0.1, 0.15) is 34.3 Å². The number of hydrogen-bond acceptors (Lipinski definition) is 3. The molecule has 1 fully saturated rings. The van der Waals surface area contributed by atoms with E-state index < -0.39 is 0 Å². The van der Waals surface area contributed by atoms with E-state index in [1.54, 1.807) is 36.2 Å². The largest absolute Gasteiger partial charge is 0.337 e. The Hall–Kier alpha value is -2.47. The zero-order chi connectivity index (χ0) is 18.7. The number of carbonyl (C=O) groups is 3. The van der Waals surface area contributed by atoms with Crippen LogP contribution in [-0.2, 0) is 22.7 Å². The smallest absolute Gasteiger partial charge is 0.253 e. The van der Waals surface area contributed by atoms with E-state index >= 15 is 0 Å². The van der Waals surface area contributed by atoms with Crippen molar-refractivity contribution in [3.63, 3.8) is 0 Å². The van der Waals surface area contributed by atoms with E-state index in [9.17, 15) is 14.4 Å². The van der Waals surface area contributed by atoms with Crippen LogP contribution in [0.2, 0.25) is 0 Å². The summed E-state index contributed by atoms with van der Waals surface area (Å²) in [5, 5.41) is 0. The lowest BCUT2D eigenvalue weighted by atomic mass is 10.1. The number of hydrogen-bond donors (Lipinski definition) is 0. The van der Waals surface area contributed by atoms with Gasteiger partial charge in [0.15, 0.2) is 0 Å². The van der Waals surface area contributed by atoms with Crippen LogP contribution in [0, 0.1) is 0 Å². The number of benzene rings is 2. The summed E-state index contributed by atoms with van der Waals surface area (Å²) >= 11 is 3.49. The number of carbonyl (C=O) groups excluding carboxylic acids is 3. The lowest BCUT2D eigenvalue weighted by Gasteiger charge is -2.19. The Morgan fingerprint density at radius 1 is 1.04 bits per heavy atom. The molecule has 0 aliphatic carbocycles. The Bertz CT molecular complexity index is 832. The van der Waals surface area contributed by atoms with E-state index in [1.807, 2.05) is 24.3 Å². The molecule has 0 radical (unpaired) electrons. The second-order valence-corrected chi connectivity index (χ2v) is 7.18. The number of likely N-dealkylation sites (tertiary alicyclic amines) is 1. The van der Waals surface area contributed by atoms with Crippen LogP contribution in [0.4, 0.5) is 0 Å². The maximum atomic E-state index is 12.6. The third-order valence-corrected chi connectivity index (χ3v) is 5.18. The Morgan fingerprint density at radius 3 is 2.27 bits per heavy atom. The summed E-state index contributed by atoms with van der Waals surface area (Å²) in [6, 6.07) is 14.8. The van der Waals surface area contributed by atoms with E-state index in [4.69, 9.17) is 0 Å². The monoisotopic (exact) mass is 414 g/mol. The highest BCUT2D eigenvalue weighted by Crippen LogP contribution is 2.19. The molecule has 1 saturated heterocycles. The Kier molecular flexibility index (Phi) is 5.52. The molecule has 1 heterocycles. The minimum atomic E-state index is -0.136. The standard InChI is InChI=1S/C20H19BrN2O3/c1-22(13-16-4-2-3-5-17(16)21)20(26)15-8-6-14(7-9-15)12-23-18(24)10-11-19(23)25/h2-9H,10-13H2,1H3. The average molecular weight is 415 g/mol. The molecule has 0 saturated carbocycles. The van der Waals surface area contributed by atoms with Gasteiger partial charge in [-0.15, -0.1) is 0 Å². The van der Waals surface area contributed by atoms with E-state index in [-0.39, 0.29) is 37.1 Å². The van der Waals surface area contributed by atoms with Crippen molar-refractivity contribution in [3.05, 3.63) is 69.7 Å². The van der Waals surface area contributed by atoms with Crippen LogP contribution >= 0.6 is 15.9 Å². The van der Waals surface area contributed by atoms with Gasteiger partial charge in [-0.3, -0.25) is 19.3 Å². The zero-order valence-electron chi connectivity index (χ0n) is 14.4. The van der Waals surface area contributed by atoms with Gasteiger partial charge in [-0.2, -0.15) is 0 Å². The van der Waals surface area contributed by atoms with Crippen molar-refractivity contribution in [2.75, 3.05) is 7.05 Å². The summed E-state index contributed by atoms with van der Waals surface area (Å²) in [5.74, 6) is -0.354. The van der Waals surface area contributed by atoms with E-state index in [2.05, 4.69) is 15.9 Å². The molecule has 0 atom stereocenters. The molecule has 26 heavy (non-hydrogen) atoms. The van der Waals surface area contributed by atoms with Crippen molar-refractivity contribution in [2.45, 2.75) is 25.9 Å². The van der Waals surface area contributed by atoms with Gasteiger partial charge in [0.25, 0.3) is 5.91 Å². The molecule has 1 aliphatic heterocycles. The summed E-state index contributed by atoms with van der Waals surface area (Å²) in [5.41, 5.74) is 2.44. The first kappa shape index (κ1) is 18.3. The number of nitrogens with zero attached hydrogens (tertiary/aromatic N) is 2.